The van der Waals surface area contributed by atoms with E-state index < -0.39 is 10.0 Å². The van der Waals surface area contributed by atoms with Crippen molar-refractivity contribution in [1.29, 1.82) is 0 Å². The summed E-state index contributed by atoms with van der Waals surface area (Å²) in [5.41, 5.74) is 1.27. The highest BCUT2D eigenvalue weighted by molar-refractivity contribution is 7.89. The van der Waals surface area contributed by atoms with Gasteiger partial charge in [0.1, 0.15) is 5.82 Å². The van der Waals surface area contributed by atoms with Gasteiger partial charge in [0.2, 0.25) is 10.0 Å². The molecule has 3 heterocycles. The zero-order valence-corrected chi connectivity index (χ0v) is 20.3. The van der Waals surface area contributed by atoms with Crippen LogP contribution >= 0.6 is 11.3 Å². The van der Waals surface area contributed by atoms with Crippen LogP contribution in [0, 0.1) is 5.82 Å². The van der Waals surface area contributed by atoms with Crippen LogP contribution in [0.15, 0.2) is 70.9 Å². The maximum atomic E-state index is 13.4. The van der Waals surface area contributed by atoms with Gasteiger partial charge in [-0.05, 0) is 66.8 Å². The highest BCUT2D eigenvalue weighted by Gasteiger charge is 2.33. The smallest absolute Gasteiger partial charge is 0.254 e. The number of amides is 1. The van der Waals surface area contributed by atoms with Gasteiger partial charge in [-0.3, -0.25) is 4.79 Å². The molecule has 5 rings (SSSR count). The molecule has 0 spiro atoms. The Morgan fingerprint density at radius 1 is 0.941 bits per heavy atom. The third-order valence-electron chi connectivity index (χ3n) is 6.53. The number of likely N-dealkylation sites (tertiary alicyclic amines) is 1. The summed E-state index contributed by atoms with van der Waals surface area (Å²) in [6.07, 6.45) is 1.85. The molecule has 1 atom stereocenters. The van der Waals surface area contributed by atoms with Crippen molar-refractivity contribution in [3.05, 3.63) is 82.3 Å². The molecule has 1 aromatic heterocycles. The predicted octanol–water partition coefficient (Wildman–Crippen LogP) is 4.38. The number of benzene rings is 2. The lowest BCUT2D eigenvalue weighted by Crippen LogP contribution is -2.48. The van der Waals surface area contributed by atoms with Crippen molar-refractivity contribution in [2.45, 2.75) is 23.8 Å². The van der Waals surface area contributed by atoms with Crippen LogP contribution < -0.4 is 4.90 Å². The number of thiophene rings is 1. The van der Waals surface area contributed by atoms with Crippen molar-refractivity contribution in [3.8, 4) is 0 Å². The normalized spacial score (nSPS) is 19.5. The molecule has 2 aliphatic heterocycles. The highest BCUT2D eigenvalue weighted by atomic mass is 32.2. The second kappa shape index (κ2) is 9.48. The predicted molar refractivity (Wildman–Crippen MR) is 131 cm³/mol. The van der Waals surface area contributed by atoms with Crippen molar-refractivity contribution in [3.63, 3.8) is 0 Å². The van der Waals surface area contributed by atoms with Gasteiger partial charge in [0, 0.05) is 48.9 Å². The van der Waals surface area contributed by atoms with E-state index in [0.717, 1.165) is 23.4 Å². The van der Waals surface area contributed by atoms with Gasteiger partial charge in [-0.25, -0.2) is 12.8 Å². The molecular formula is C25H26FN3O3S2. The summed E-state index contributed by atoms with van der Waals surface area (Å²) in [7, 11) is -3.73. The average Bonchev–Trinajstić information content (AvgIpc) is 3.56. The first-order valence-corrected chi connectivity index (χ1v) is 13.7. The SMILES string of the molecule is O=C(c1cccc(S(=O)(=O)N2CCN(c3ccc(F)cc3)CC2)c1)N1CCCC1c1cccs1. The minimum absolute atomic E-state index is 0.0484. The van der Waals surface area contributed by atoms with Crippen LogP contribution in [0.1, 0.15) is 34.1 Å². The molecule has 2 aromatic carbocycles. The van der Waals surface area contributed by atoms with E-state index in [0.29, 0.717) is 38.3 Å². The van der Waals surface area contributed by atoms with E-state index in [4.69, 9.17) is 0 Å². The second-order valence-electron chi connectivity index (χ2n) is 8.57. The third kappa shape index (κ3) is 4.47. The van der Waals surface area contributed by atoms with Crippen LogP contribution in [0.4, 0.5) is 10.1 Å². The lowest BCUT2D eigenvalue weighted by Gasteiger charge is -2.35. The summed E-state index contributed by atoms with van der Waals surface area (Å²) >= 11 is 1.64. The molecule has 0 N–H and O–H groups in total. The van der Waals surface area contributed by atoms with Crippen molar-refractivity contribution < 1.29 is 17.6 Å². The Kier molecular flexibility index (Phi) is 6.42. The van der Waals surface area contributed by atoms with Crippen molar-refractivity contribution in [2.75, 3.05) is 37.6 Å². The maximum absolute atomic E-state index is 13.4. The summed E-state index contributed by atoms with van der Waals surface area (Å²) in [6, 6.07) is 16.7. The van der Waals surface area contributed by atoms with Crippen LogP contribution in [-0.4, -0.2) is 56.3 Å². The Bertz CT molecular complexity index is 1250. The van der Waals surface area contributed by atoms with Crippen molar-refractivity contribution in [1.82, 2.24) is 9.21 Å². The zero-order valence-electron chi connectivity index (χ0n) is 18.6. The van der Waals surface area contributed by atoms with Crippen LogP contribution in [0.2, 0.25) is 0 Å². The van der Waals surface area contributed by atoms with E-state index in [1.807, 2.05) is 27.3 Å². The lowest BCUT2D eigenvalue weighted by molar-refractivity contribution is 0.0737. The molecule has 1 unspecified atom stereocenters. The first-order chi connectivity index (χ1) is 16.4. The van der Waals surface area contributed by atoms with Crippen molar-refractivity contribution in [2.24, 2.45) is 0 Å². The van der Waals surface area contributed by atoms with E-state index in [9.17, 15) is 17.6 Å². The van der Waals surface area contributed by atoms with Crippen LogP contribution in [0.25, 0.3) is 0 Å². The lowest BCUT2D eigenvalue weighted by atomic mass is 10.1. The number of halogens is 1. The summed E-state index contributed by atoms with van der Waals surface area (Å²) < 4.78 is 41.4. The molecule has 1 amide bonds. The number of nitrogens with zero attached hydrogens (tertiary/aromatic N) is 3. The molecule has 9 heteroatoms. The first kappa shape index (κ1) is 23.0. The van der Waals surface area contributed by atoms with Gasteiger partial charge in [-0.1, -0.05) is 12.1 Å². The minimum atomic E-state index is -3.73. The largest absolute Gasteiger partial charge is 0.369 e. The summed E-state index contributed by atoms with van der Waals surface area (Å²) in [6.45, 7) is 2.35. The van der Waals surface area contributed by atoms with Crippen LogP contribution in [0.3, 0.4) is 0 Å². The molecular weight excluding hydrogens is 473 g/mol. The number of piperazine rings is 1. The monoisotopic (exact) mass is 499 g/mol. The Labute approximate surface area is 203 Å². The topological polar surface area (TPSA) is 60.9 Å². The number of carbonyl (C=O) groups is 1. The number of sulfonamides is 1. The van der Waals surface area contributed by atoms with E-state index in [1.165, 1.54) is 22.5 Å². The number of rotatable bonds is 5. The standard InChI is InChI=1S/C25H26FN3O3S2/c26-20-8-10-21(11-9-20)27-13-15-28(16-14-27)34(31,32)22-5-1-4-19(18-22)25(30)29-12-2-6-23(29)24-7-3-17-33-24/h1,3-5,7-11,17-18,23H,2,6,12-16H2. The van der Waals surface area contributed by atoms with Gasteiger partial charge in [0.15, 0.2) is 0 Å². The molecule has 178 valence electrons. The van der Waals surface area contributed by atoms with Gasteiger partial charge in [0.05, 0.1) is 10.9 Å². The molecule has 0 saturated carbocycles. The molecule has 0 radical (unpaired) electrons. The van der Waals surface area contributed by atoms with E-state index in [2.05, 4.69) is 0 Å². The summed E-state index contributed by atoms with van der Waals surface area (Å²) in [5.74, 6) is -0.427. The first-order valence-electron chi connectivity index (χ1n) is 11.4. The molecule has 34 heavy (non-hydrogen) atoms. The number of hydrogen-bond donors (Lipinski definition) is 0. The van der Waals surface area contributed by atoms with Crippen LogP contribution in [-0.2, 0) is 10.0 Å². The molecule has 0 aliphatic carbocycles. The summed E-state index contributed by atoms with van der Waals surface area (Å²) in [5, 5.41) is 2.01. The molecule has 0 bridgehead atoms. The average molecular weight is 500 g/mol. The summed E-state index contributed by atoms with van der Waals surface area (Å²) in [4.78, 5) is 18.5. The molecule has 2 fully saturated rings. The Morgan fingerprint density at radius 3 is 2.41 bits per heavy atom. The quantitative estimate of drug-likeness (QED) is 0.523. The maximum Gasteiger partial charge on any atom is 0.254 e. The Balaban J connectivity index is 1.30. The molecule has 2 aliphatic rings. The van der Waals surface area contributed by atoms with Gasteiger partial charge in [0.25, 0.3) is 5.91 Å². The van der Waals surface area contributed by atoms with Gasteiger partial charge < -0.3 is 9.80 Å². The third-order valence-corrected chi connectivity index (χ3v) is 9.40. The second-order valence-corrected chi connectivity index (χ2v) is 11.5. The zero-order chi connectivity index (χ0) is 23.7. The van der Waals surface area contributed by atoms with E-state index in [-0.39, 0.29) is 22.7 Å². The fourth-order valence-electron chi connectivity index (χ4n) is 4.73. The highest BCUT2D eigenvalue weighted by Crippen LogP contribution is 2.35. The minimum Gasteiger partial charge on any atom is -0.369 e. The molecule has 3 aromatic rings. The van der Waals surface area contributed by atoms with Gasteiger partial charge >= 0.3 is 0 Å². The van der Waals surface area contributed by atoms with E-state index >= 15 is 0 Å². The number of carbonyl (C=O) groups excluding carboxylic acids is 1. The fraction of sp³-hybridized carbons (Fsp3) is 0.320. The van der Waals surface area contributed by atoms with Gasteiger partial charge in [-0.15, -0.1) is 11.3 Å². The fourth-order valence-corrected chi connectivity index (χ4v) is 7.07. The van der Waals surface area contributed by atoms with Crippen LogP contribution in [0.5, 0.6) is 0 Å². The molecule has 6 nitrogen and oxygen atoms in total. The molecule has 2 saturated heterocycles. The number of anilines is 1. The van der Waals surface area contributed by atoms with Gasteiger partial charge in [-0.2, -0.15) is 4.31 Å². The van der Waals surface area contributed by atoms with Crippen molar-refractivity contribution >= 4 is 33.0 Å². The number of hydrogen-bond acceptors (Lipinski definition) is 5. The Hall–Kier alpha value is -2.75. The Morgan fingerprint density at radius 2 is 1.71 bits per heavy atom. The van der Waals surface area contributed by atoms with E-state index in [1.54, 1.807) is 41.7 Å².